The highest BCUT2D eigenvalue weighted by molar-refractivity contribution is 7.84. The van der Waals surface area contributed by atoms with Crippen molar-refractivity contribution in [1.29, 1.82) is 5.26 Å². The van der Waals surface area contributed by atoms with Gasteiger partial charge in [0.05, 0.1) is 5.56 Å². The zero-order valence-corrected chi connectivity index (χ0v) is 16.2. The second-order valence-corrected chi connectivity index (χ2v) is 7.88. The molecule has 2 aromatic carbocycles. The van der Waals surface area contributed by atoms with Gasteiger partial charge in [0.2, 0.25) is 0 Å². The lowest BCUT2D eigenvalue weighted by Crippen LogP contribution is -2.25. The number of halogens is 4. The van der Waals surface area contributed by atoms with E-state index in [1.54, 1.807) is 6.07 Å². The van der Waals surface area contributed by atoms with E-state index in [0.717, 1.165) is 32.3 Å². The minimum Gasteiger partial charge on any atom is -0.369 e. The van der Waals surface area contributed by atoms with E-state index < -0.39 is 38.9 Å². The van der Waals surface area contributed by atoms with E-state index in [1.165, 1.54) is 30.3 Å². The molecule has 28 heavy (non-hydrogen) atoms. The minimum atomic E-state index is -4.80. The van der Waals surface area contributed by atoms with E-state index in [4.69, 9.17) is 15.8 Å². The molecule has 0 aliphatic heterocycles. The average Bonchev–Trinajstić information content (AvgIpc) is 2.62. The predicted molar refractivity (Wildman–Crippen MR) is 99.0 cm³/mol. The van der Waals surface area contributed by atoms with Crippen molar-refractivity contribution in [2.45, 2.75) is 6.18 Å². The van der Waals surface area contributed by atoms with Gasteiger partial charge in [-0.1, -0.05) is 41.9 Å². The lowest BCUT2D eigenvalue weighted by molar-refractivity contribution is -0.137. The third-order valence-electron chi connectivity index (χ3n) is 3.58. The van der Waals surface area contributed by atoms with E-state index in [0.29, 0.717) is 9.33 Å². The van der Waals surface area contributed by atoms with Gasteiger partial charge in [-0.25, -0.2) is 0 Å². The molecule has 0 bridgehead atoms. The number of benzene rings is 2. The van der Waals surface area contributed by atoms with Gasteiger partial charge >= 0.3 is 16.5 Å². The first-order valence-electron chi connectivity index (χ1n) is 7.66. The fourth-order valence-corrected chi connectivity index (χ4v) is 2.85. The summed E-state index contributed by atoms with van der Waals surface area (Å²) in [5.41, 5.74) is -1.96. The van der Waals surface area contributed by atoms with Gasteiger partial charge in [0, 0.05) is 24.7 Å². The van der Waals surface area contributed by atoms with Crippen LogP contribution in [-0.2, 0) is 20.7 Å². The van der Waals surface area contributed by atoms with Gasteiger partial charge in [0.1, 0.15) is 11.6 Å². The maximum Gasteiger partial charge on any atom is 0.417 e. The van der Waals surface area contributed by atoms with Crippen LogP contribution in [0.25, 0.3) is 11.3 Å². The lowest BCUT2D eigenvalue weighted by Gasteiger charge is -2.19. The van der Waals surface area contributed by atoms with Crippen molar-refractivity contribution in [2.75, 3.05) is 14.1 Å². The third-order valence-corrected chi connectivity index (χ3v) is 5.11. The van der Waals surface area contributed by atoms with Crippen LogP contribution in [0.5, 0.6) is 0 Å². The summed E-state index contributed by atoms with van der Waals surface area (Å²) in [7, 11) is -2.15. The van der Waals surface area contributed by atoms with Gasteiger partial charge in [-0.05, 0) is 23.8 Å². The Morgan fingerprint density at radius 2 is 1.68 bits per heavy atom. The van der Waals surface area contributed by atoms with Crippen molar-refractivity contribution in [3.05, 3.63) is 70.2 Å². The quantitative estimate of drug-likeness (QED) is 0.395. The first-order valence-corrected chi connectivity index (χ1v) is 9.40. The predicted octanol–water partition coefficient (Wildman–Crippen LogP) is 4.57. The molecule has 0 spiro atoms. The summed E-state index contributed by atoms with van der Waals surface area (Å²) in [4.78, 5) is 0. The molecule has 0 aliphatic rings. The Morgan fingerprint density at radius 3 is 2.18 bits per heavy atom. The molecule has 0 aromatic heterocycles. The van der Waals surface area contributed by atoms with E-state index in [-0.39, 0.29) is 5.56 Å². The van der Waals surface area contributed by atoms with Gasteiger partial charge in [0.15, 0.2) is 5.76 Å². The van der Waals surface area contributed by atoms with E-state index in [2.05, 4.69) is 0 Å². The summed E-state index contributed by atoms with van der Waals surface area (Å²) in [6.07, 6.45) is -4.80. The Morgan fingerprint density at radius 1 is 1.11 bits per heavy atom. The van der Waals surface area contributed by atoms with Crippen LogP contribution < -0.4 is 0 Å². The number of allylic oxidation sites excluding steroid dienone is 1. The summed E-state index contributed by atoms with van der Waals surface area (Å²) in [6, 6.07) is 11.6. The zero-order valence-electron chi connectivity index (χ0n) is 14.7. The molecule has 0 aliphatic carbocycles. The van der Waals surface area contributed by atoms with E-state index >= 15 is 0 Å². The molecular formula is C18H14ClF3N2O3S. The van der Waals surface area contributed by atoms with Crippen LogP contribution in [0.2, 0.25) is 5.02 Å². The Labute approximate surface area is 165 Å². The first kappa shape index (κ1) is 21.8. The number of hydrogen-bond acceptors (Lipinski definition) is 4. The molecule has 0 radical (unpaired) electrons. The van der Waals surface area contributed by atoms with Crippen LogP contribution in [0.1, 0.15) is 16.7 Å². The molecule has 148 valence electrons. The summed E-state index contributed by atoms with van der Waals surface area (Å²) in [5, 5.41) is 9.93. The van der Waals surface area contributed by atoms with Gasteiger partial charge in [-0.2, -0.15) is 31.2 Å². The van der Waals surface area contributed by atoms with Gasteiger partial charge in [-0.15, -0.1) is 0 Å². The maximum absolute atomic E-state index is 13.5. The minimum absolute atomic E-state index is 0.146. The fraction of sp³-hybridized carbons (Fsp3) is 0.167. The molecule has 10 heteroatoms. The topological polar surface area (TPSA) is 70.4 Å². The summed E-state index contributed by atoms with van der Waals surface area (Å²) in [5.74, 6) is -0.730. The lowest BCUT2D eigenvalue weighted by atomic mass is 9.98. The molecule has 2 aromatic rings. The van der Waals surface area contributed by atoms with Crippen molar-refractivity contribution in [3.63, 3.8) is 0 Å². The Kier molecular flexibility index (Phi) is 6.39. The number of rotatable bonds is 5. The van der Waals surface area contributed by atoms with E-state index in [1.807, 2.05) is 0 Å². The smallest absolute Gasteiger partial charge is 0.369 e. The maximum atomic E-state index is 13.5. The molecule has 0 unspecified atom stereocenters. The number of nitriles is 1. The van der Waals surface area contributed by atoms with Crippen molar-refractivity contribution in [3.8, 4) is 6.07 Å². The van der Waals surface area contributed by atoms with Crippen LogP contribution in [0.15, 0.2) is 48.5 Å². The van der Waals surface area contributed by atoms with Gasteiger partial charge in [-0.3, -0.25) is 0 Å². The van der Waals surface area contributed by atoms with Crippen molar-refractivity contribution in [1.82, 2.24) is 4.31 Å². The fourth-order valence-electron chi connectivity index (χ4n) is 2.19. The van der Waals surface area contributed by atoms with Crippen LogP contribution >= 0.6 is 11.6 Å². The zero-order chi connectivity index (χ0) is 21.1. The molecule has 0 saturated carbocycles. The summed E-state index contributed by atoms with van der Waals surface area (Å²) >= 11 is 5.81. The first-order chi connectivity index (χ1) is 13.0. The van der Waals surface area contributed by atoms with Crippen LogP contribution in [0.4, 0.5) is 13.2 Å². The number of alkyl halides is 3. The van der Waals surface area contributed by atoms with Crippen LogP contribution in [0.3, 0.4) is 0 Å². The monoisotopic (exact) mass is 430 g/mol. The normalized spacial score (nSPS) is 13.1. The van der Waals surface area contributed by atoms with Gasteiger partial charge in [0.25, 0.3) is 0 Å². The molecule has 5 nitrogen and oxygen atoms in total. The molecule has 0 amide bonds. The molecule has 2 rings (SSSR count). The Balaban J connectivity index is 2.86. The molecule has 0 heterocycles. The molecule has 0 saturated heterocycles. The number of nitrogens with zero attached hydrogens (tertiary/aromatic N) is 2. The molecular weight excluding hydrogens is 417 g/mol. The van der Waals surface area contributed by atoms with Crippen molar-refractivity contribution < 1.29 is 25.8 Å². The third kappa shape index (κ3) is 4.84. The van der Waals surface area contributed by atoms with Crippen LogP contribution in [-0.4, -0.2) is 26.8 Å². The summed E-state index contributed by atoms with van der Waals surface area (Å²) in [6.45, 7) is 0. The van der Waals surface area contributed by atoms with E-state index in [9.17, 15) is 26.9 Å². The molecule has 0 N–H and O–H groups in total. The number of hydrogen-bond donors (Lipinski definition) is 0. The Hall–Kier alpha value is -2.54. The highest BCUT2D eigenvalue weighted by Gasteiger charge is 2.36. The Bertz CT molecular complexity index is 1040. The highest BCUT2D eigenvalue weighted by atomic mass is 35.5. The second-order valence-electron chi connectivity index (χ2n) is 5.69. The summed E-state index contributed by atoms with van der Waals surface area (Å²) < 4.78 is 70.6. The van der Waals surface area contributed by atoms with Crippen molar-refractivity contribution in [2.24, 2.45) is 0 Å². The van der Waals surface area contributed by atoms with Crippen LogP contribution in [0, 0.1) is 11.3 Å². The average molecular weight is 431 g/mol. The standard InChI is InChI=1S/C18H14ClF3N2O3S/c1-24(2)28(25,26)27-17(14-5-3-4-6-16(14)18(20,21)22)15(11-23)12-7-9-13(19)10-8-12/h3-10H,1-2H3/b17-15+. The molecule has 0 fully saturated rings. The molecule has 0 atom stereocenters. The largest absolute Gasteiger partial charge is 0.417 e. The highest BCUT2D eigenvalue weighted by Crippen LogP contribution is 2.38. The second kappa shape index (κ2) is 8.22. The van der Waals surface area contributed by atoms with Gasteiger partial charge < -0.3 is 4.18 Å². The SMILES string of the molecule is CN(C)S(=O)(=O)O/C(=C(\C#N)c1ccc(Cl)cc1)c1ccccc1C(F)(F)F. The van der Waals surface area contributed by atoms with Crippen molar-refractivity contribution >= 4 is 33.2 Å².